The highest BCUT2D eigenvalue weighted by Gasteiger charge is 2.15. The number of hydrogen-bond donors (Lipinski definition) is 2. The molecule has 0 spiro atoms. The topological polar surface area (TPSA) is 58.2 Å². The van der Waals surface area contributed by atoms with Crippen LogP contribution in [0.15, 0.2) is 65.1 Å². The minimum absolute atomic E-state index is 0.585. The Hall–Kier alpha value is -2.66. The summed E-state index contributed by atoms with van der Waals surface area (Å²) in [6.07, 6.45) is 0. The molecule has 0 bridgehead atoms. The summed E-state index contributed by atoms with van der Waals surface area (Å²) >= 11 is 3.36. The molecule has 24 heavy (non-hydrogen) atoms. The highest BCUT2D eigenvalue weighted by atomic mass is 79.9. The summed E-state index contributed by atoms with van der Waals surface area (Å²) in [6, 6.07) is 18.8. The molecule has 3 aromatic rings. The first-order chi connectivity index (χ1) is 11.5. The van der Waals surface area contributed by atoms with E-state index < -0.39 is 11.8 Å². The number of rotatable bonds is 2. The Balaban J connectivity index is 1.72. The van der Waals surface area contributed by atoms with Crippen molar-refractivity contribution in [2.75, 3.05) is 10.6 Å². The Labute approximate surface area is 148 Å². The van der Waals surface area contributed by atoms with Gasteiger partial charge in [-0.25, -0.2) is 0 Å². The zero-order valence-corrected chi connectivity index (χ0v) is 14.6. The fourth-order valence-corrected chi connectivity index (χ4v) is 2.88. The van der Waals surface area contributed by atoms with Gasteiger partial charge < -0.3 is 10.6 Å². The first-order valence-corrected chi connectivity index (χ1v) is 8.19. The van der Waals surface area contributed by atoms with Crippen LogP contribution < -0.4 is 10.6 Å². The van der Waals surface area contributed by atoms with Gasteiger partial charge in [-0.05, 0) is 53.6 Å². The van der Waals surface area contributed by atoms with E-state index in [1.165, 1.54) is 0 Å². The molecular weight excluding hydrogens is 368 g/mol. The SMILES string of the molecule is Cc1cc(Br)ccc1NC(=O)C(=O)Nc1ccc2ccccc2c1. The Morgan fingerprint density at radius 1 is 0.833 bits per heavy atom. The van der Waals surface area contributed by atoms with Crippen LogP contribution in [0.25, 0.3) is 10.8 Å². The molecular formula is C19H15BrN2O2. The quantitative estimate of drug-likeness (QED) is 0.641. The van der Waals surface area contributed by atoms with Crippen LogP contribution in [0, 0.1) is 6.92 Å². The third-order valence-electron chi connectivity index (χ3n) is 3.65. The van der Waals surface area contributed by atoms with Crippen LogP contribution in [0.5, 0.6) is 0 Å². The molecule has 0 unspecified atom stereocenters. The van der Waals surface area contributed by atoms with Gasteiger partial charge in [-0.2, -0.15) is 0 Å². The average Bonchev–Trinajstić information content (AvgIpc) is 2.57. The summed E-state index contributed by atoms with van der Waals surface area (Å²) in [5.41, 5.74) is 2.06. The van der Waals surface area contributed by atoms with E-state index in [1.807, 2.05) is 55.5 Å². The van der Waals surface area contributed by atoms with Crippen molar-refractivity contribution in [1.82, 2.24) is 0 Å². The predicted octanol–water partition coefficient (Wildman–Crippen LogP) is 4.49. The molecule has 0 aliphatic heterocycles. The van der Waals surface area contributed by atoms with Gasteiger partial charge in [-0.1, -0.05) is 46.3 Å². The van der Waals surface area contributed by atoms with Crippen molar-refractivity contribution in [2.24, 2.45) is 0 Å². The van der Waals surface area contributed by atoms with Crippen LogP contribution in [0.1, 0.15) is 5.56 Å². The number of anilines is 2. The molecule has 120 valence electrons. The maximum absolute atomic E-state index is 12.1. The van der Waals surface area contributed by atoms with Crippen molar-refractivity contribution >= 4 is 49.9 Å². The van der Waals surface area contributed by atoms with Gasteiger partial charge in [-0.15, -0.1) is 0 Å². The molecule has 0 saturated heterocycles. The van der Waals surface area contributed by atoms with E-state index in [4.69, 9.17) is 0 Å². The van der Waals surface area contributed by atoms with E-state index in [0.29, 0.717) is 11.4 Å². The highest BCUT2D eigenvalue weighted by molar-refractivity contribution is 9.10. The van der Waals surface area contributed by atoms with E-state index in [9.17, 15) is 9.59 Å². The summed E-state index contributed by atoms with van der Waals surface area (Å²) in [5.74, 6) is -1.40. The lowest BCUT2D eigenvalue weighted by Crippen LogP contribution is -2.29. The zero-order chi connectivity index (χ0) is 17.1. The molecule has 2 amide bonds. The number of carbonyl (C=O) groups excluding carboxylic acids is 2. The minimum Gasteiger partial charge on any atom is -0.318 e. The Bertz CT molecular complexity index is 938. The molecule has 0 aromatic heterocycles. The number of nitrogens with one attached hydrogen (secondary N) is 2. The fourth-order valence-electron chi connectivity index (χ4n) is 2.40. The number of hydrogen-bond acceptors (Lipinski definition) is 2. The number of amides is 2. The third kappa shape index (κ3) is 3.63. The number of halogens is 1. The molecule has 0 radical (unpaired) electrons. The molecule has 0 aliphatic carbocycles. The normalized spacial score (nSPS) is 10.4. The van der Waals surface area contributed by atoms with Gasteiger partial charge in [-0.3, -0.25) is 9.59 Å². The molecule has 3 rings (SSSR count). The molecule has 0 aliphatic rings. The van der Waals surface area contributed by atoms with E-state index in [1.54, 1.807) is 12.1 Å². The lowest BCUT2D eigenvalue weighted by atomic mass is 10.1. The van der Waals surface area contributed by atoms with Gasteiger partial charge in [0.1, 0.15) is 0 Å². The van der Waals surface area contributed by atoms with E-state index in [2.05, 4.69) is 26.6 Å². The maximum atomic E-state index is 12.1. The van der Waals surface area contributed by atoms with E-state index in [0.717, 1.165) is 20.8 Å². The average molecular weight is 383 g/mol. The largest absolute Gasteiger partial charge is 0.318 e. The Morgan fingerprint density at radius 2 is 1.54 bits per heavy atom. The van der Waals surface area contributed by atoms with Crippen LogP contribution >= 0.6 is 15.9 Å². The summed E-state index contributed by atoms with van der Waals surface area (Å²) < 4.78 is 0.915. The molecule has 0 fully saturated rings. The molecule has 0 atom stereocenters. The summed E-state index contributed by atoms with van der Waals surface area (Å²) in [7, 11) is 0. The number of fused-ring (bicyclic) bond motifs is 1. The van der Waals surface area contributed by atoms with Gasteiger partial charge in [0.2, 0.25) is 0 Å². The van der Waals surface area contributed by atoms with Crippen molar-refractivity contribution in [3.8, 4) is 0 Å². The summed E-state index contributed by atoms with van der Waals surface area (Å²) in [5, 5.41) is 7.32. The second-order valence-corrected chi connectivity index (χ2v) is 6.35. The van der Waals surface area contributed by atoms with Gasteiger partial charge in [0, 0.05) is 15.8 Å². The van der Waals surface area contributed by atoms with Crippen molar-refractivity contribution in [3.63, 3.8) is 0 Å². The zero-order valence-electron chi connectivity index (χ0n) is 13.0. The van der Waals surface area contributed by atoms with Gasteiger partial charge >= 0.3 is 11.8 Å². The summed E-state index contributed by atoms with van der Waals surface area (Å²) in [6.45, 7) is 1.86. The van der Waals surface area contributed by atoms with Crippen LogP contribution in [0.4, 0.5) is 11.4 Å². The predicted molar refractivity (Wildman–Crippen MR) is 100 cm³/mol. The second kappa shape index (κ2) is 6.84. The monoisotopic (exact) mass is 382 g/mol. The lowest BCUT2D eigenvalue weighted by Gasteiger charge is -2.09. The third-order valence-corrected chi connectivity index (χ3v) is 4.14. The fraction of sp³-hybridized carbons (Fsp3) is 0.0526. The van der Waals surface area contributed by atoms with Crippen LogP contribution in [-0.2, 0) is 9.59 Å². The van der Waals surface area contributed by atoms with E-state index in [-0.39, 0.29) is 0 Å². The number of aryl methyl sites for hydroxylation is 1. The smallest absolute Gasteiger partial charge is 0.314 e. The maximum Gasteiger partial charge on any atom is 0.314 e. The van der Waals surface area contributed by atoms with Crippen molar-refractivity contribution in [3.05, 3.63) is 70.7 Å². The Morgan fingerprint density at radius 3 is 2.29 bits per heavy atom. The lowest BCUT2D eigenvalue weighted by molar-refractivity contribution is -0.133. The first-order valence-electron chi connectivity index (χ1n) is 7.40. The van der Waals surface area contributed by atoms with Crippen molar-refractivity contribution in [2.45, 2.75) is 6.92 Å². The Kier molecular flexibility index (Phi) is 4.62. The molecule has 0 heterocycles. The minimum atomic E-state index is -0.701. The van der Waals surface area contributed by atoms with Crippen LogP contribution in [0.2, 0.25) is 0 Å². The number of carbonyl (C=O) groups is 2. The van der Waals surface area contributed by atoms with Gasteiger partial charge in [0.25, 0.3) is 0 Å². The standard InChI is InChI=1S/C19H15BrN2O2/c1-12-10-15(20)7-9-17(12)22-19(24)18(23)21-16-8-6-13-4-2-3-5-14(13)11-16/h2-11H,1H3,(H,21,23)(H,22,24). The van der Waals surface area contributed by atoms with Crippen molar-refractivity contribution < 1.29 is 9.59 Å². The summed E-state index contributed by atoms with van der Waals surface area (Å²) in [4.78, 5) is 24.2. The molecule has 4 nitrogen and oxygen atoms in total. The van der Waals surface area contributed by atoms with Gasteiger partial charge in [0.05, 0.1) is 0 Å². The molecule has 3 aromatic carbocycles. The first kappa shape index (κ1) is 16.2. The molecule has 2 N–H and O–H groups in total. The molecule has 5 heteroatoms. The van der Waals surface area contributed by atoms with Gasteiger partial charge in [0.15, 0.2) is 0 Å². The van der Waals surface area contributed by atoms with Crippen molar-refractivity contribution in [1.29, 1.82) is 0 Å². The number of benzene rings is 3. The van der Waals surface area contributed by atoms with Crippen LogP contribution in [0.3, 0.4) is 0 Å². The highest BCUT2D eigenvalue weighted by Crippen LogP contribution is 2.21. The van der Waals surface area contributed by atoms with Crippen LogP contribution in [-0.4, -0.2) is 11.8 Å². The second-order valence-electron chi connectivity index (χ2n) is 5.43. The molecule has 0 saturated carbocycles. The van der Waals surface area contributed by atoms with E-state index >= 15 is 0 Å².